The highest BCUT2D eigenvalue weighted by Gasteiger charge is 2.12. The van der Waals surface area contributed by atoms with Crippen LogP contribution in [0.4, 0.5) is 5.69 Å². The first kappa shape index (κ1) is 24.6. The van der Waals surface area contributed by atoms with Crippen molar-refractivity contribution >= 4 is 89.9 Å². The smallest absolute Gasteiger partial charge is 0.262 e. The van der Waals surface area contributed by atoms with Crippen LogP contribution in [0.15, 0.2) is 63.5 Å². The summed E-state index contributed by atoms with van der Waals surface area (Å²) in [4.78, 5) is 12.2. The molecule has 9 heteroatoms. The molecule has 4 nitrogen and oxygen atoms in total. The lowest BCUT2D eigenvalue weighted by atomic mass is 10.0. The van der Waals surface area contributed by atoms with Crippen LogP contribution >= 0.6 is 66.7 Å². The molecule has 0 saturated heterocycles. The molecule has 162 valence electrons. The fourth-order valence-electron chi connectivity index (χ4n) is 2.69. The third kappa shape index (κ3) is 6.50. The molecular weight excluding hydrogens is 602 g/mol. The van der Waals surface area contributed by atoms with Crippen LogP contribution in [0.5, 0.6) is 5.75 Å². The molecule has 0 fully saturated rings. The summed E-state index contributed by atoms with van der Waals surface area (Å²) in [5.41, 5.74) is 2.51. The van der Waals surface area contributed by atoms with Gasteiger partial charge in [-0.1, -0.05) is 46.9 Å². The second kappa shape index (κ2) is 11.2. The van der Waals surface area contributed by atoms with Gasteiger partial charge >= 0.3 is 0 Å². The first-order chi connectivity index (χ1) is 15.3. The summed E-state index contributed by atoms with van der Waals surface area (Å²) >= 11 is 24.7. The van der Waals surface area contributed by atoms with E-state index in [1.54, 1.807) is 60.7 Å². The second-order valence-electron chi connectivity index (χ2n) is 6.46. The zero-order valence-electron chi connectivity index (χ0n) is 16.1. The Morgan fingerprint density at radius 1 is 1.00 bits per heavy atom. The highest BCUT2D eigenvalue weighted by atomic mass is 79.9. The molecule has 0 atom stereocenters. The van der Waals surface area contributed by atoms with Gasteiger partial charge in [0.25, 0.3) is 5.91 Å². The summed E-state index contributed by atoms with van der Waals surface area (Å²) in [5, 5.41) is 13.6. The normalized spacial score (nSPS) is 11.1. The molecule has 1 amide bonds. The number of halogens is 5. The number of anilines is 1. The predicted octanol–water partition coefficient (Wildman–Crippen LogP) is 8.25. The monoisotopic (exact) mass is 612 g/mol. The number of benzene rings is 3. The lowest BCUT2D eigenvalue weighted by molar-refractivity contribution is -0.118. The first-order valence-electron chi connectivity index (χ1n) is 9.01. The van der Waals surface area contributed by atoms with Gasteiger partial charge in [-0.15, -0.1) is 0 Å². The van der Waals surface area contributed by atoms with Crippen molar-refractivity contribution in [2.45, 2.75) is 0 Å². The van der Waals surface area contributed by atoms with Gasteiger partial charge in [-0.25, -0.2) is 0 Å². The Morgan fingerprint density at radius 2 is 1.66 bits per heavy atom. The van der Waals surface area contributed by atoms with Crippen molar-refractivity contribution in [3.63, 3.8) is 0 Å². The molecule has 3 aromatic carbocycles. The van der Waals surface area contributed by atoms with Crippen LogP contribution in [0.3, 0.4) is 0 Å². The van der Waals surface area contributed by atoms with Gasteiger partial charge in [0.1, 0.15) is 5.75 Å². The molecule has 0 aliphatic rings. The quantitative estimate of drug-likeness (QED) is 0.224. The maximum Gasteiger partial charge on any atom is 0.262 e. The van der Waals surface area contributed by atoms with Crippen molar-refractivity contribution < 1.29 is 9.53 Å². The maximum atomic E-state index is 12.2. The Balaban J connectivity index is 1.72. The Morgan fingerprint density at radius 3 is 2.25 bits per heavy atom. The van der Waals surface area contributed by atoms with E-state index in [1.807, 2.05) is 0 Å². The van der Waals surface area contributed by atoms with Crippen LogP contribution < -0.4 is 10.1 Å². The molecule has 0 spiro atoms. The van der Waals surface area contributed by atoms with Gasteiger partial charge in [0.15, 0.2) is 6.61 Å². The molecule has 0 saturated carbocycles. The number of nitrogens with zero attached hydrogens (tertiary/aromatic N) is 1. The molecule has 3 rings (SSSR count). The van der Waals surface area contributed by atoms with Crippen LogP contribution in [0, 0.1) is 11.3 Å². The van der Waals surface area contributed by atoms with Crippen molar-refractivity contribution in [1.29, 1.82) is 5.26 Å². The van der Waals surface area contributed by atoms with Crippen molar-refractivity contribution in [2.24, 2.45) is 0 Å². The molecule has 0 aliphatic heterocycles. The lowest BCUT2D eigenvalue weighted by Gasteiger charge is -2.12. The first-order valence-corrected chi connectivity index (χ1v) is 11.7. The highest BCUT2D eigenvalue weighted by molar-refractivity contribution is 9.11. The van der Waals surface area contributed by atoms with Crippen LogP contribution in [0.1, 0.15) is 11.1 Å². The summed E-state index contributed by atoms with van der Waals surface area (Å²) in [7, 11) is 0. The highest BCUT2D eigenvalue weighted by Crippen LogP contribution is 2.36. The number of ether oxygens (including phenoxy) is 1. The van der Waals surface area contributed by atoms with E-state index in [0.29, 0.717) is 41.0 Å². The number of nitriles is 1. The SMILES string of the molecule is N#C/C(=C\c1cc(Br)c(OCC(=O)Nc2ccc(Cl)c(Cl)c2)c(Br)c1)c1ccc(Cl)cc1. The van der Waals surface area contributed by atoms with Crippen molar-refractivity contribution in [2.75, 3.05) is 11.9 Å². The molecule has 0 radical (unpaired) electrons. The van der Waals surface area contributed by atoms with Crippen LogP contribution in [0.25, 0.3) is 11.6 Å². The van der Waals surface area contributed by atoms with Gasteiger partial charge in [-0.3, -0.25) is 4.79 Å². The van der Waals surface area contributed by atoms with Gasteiger partial charge in [0.2, 0.25) is 0 Å². The number of amides is 1. The summed E-state index contributed by atoms with van der Waals surface area (Å²) in [6.45, 7) is -0.221. The number of hydrogen-bond donors (Lipinski definition) is 1. The summed E-state index contributed by atoms with van der Waals surface area (Å²) < 4.78 is 6.91. The predicted molar refractivity (Wildman–Crippen MR) is 137 cm³/mol. The summed E-state index contributed by atoms with van der Waals surface area (Å²) in [6, 6.07) is 17.6. The molecule has 0 bridgehead atoms. The Kier molecular flexibility index (Phi) is 8.64. The van der Waals surface area contributed by atoms with E-state index in [1.165, 1.54) is 0 Å². The minimum atomic E-state index is -0.360. The van der Waals surface area contributed by atoms with E-state index in [0.717, 1.165) is 11.1 Å². The fourth-order valence-corrected chi connectivity index (χ4v) is 4.56. The summed E-state index contributed by atoms with van der Waals surface area (Å²) in [6.07, 6.45) is 1.75. The number of nitrogens with one attached hydrogen (secondary N) is 1. The number of carbonyl (C=O) groups is 1. The van der Waals surface area contributed by atoms with Crippen LogP contribution in [-0.2, 0) is 4.79 Å². The van der Waals surface area contributed by atoms with Crippen LogP contribution in [-0.4, -0.2) is 12.5 Å². The number of hydrogen-bond acceptors (Lipinski definition) is 3. The molecular formula is C23H13Br2Cl3N2O2. The van der Waals surface area contributed by atoms with E-state index in [2.05, 4.69) is 43.2 Å². The van der Waals surface area contributed by atoms with Gasteiger partial charge in [0, 0.05) is 10.7 Å². The molecule has 0 unspecified atom stereocenters. The van der Waals surface area contributed by atoms with E-state index in [-0.39, 0.29) is 12.5 Å². The number of carbonyl (C=O) groups excluding carboxylic acids is 1. The minimum absolute atomic E-state index is 0.221. The van der Waals surface area contributed by atoms with E-state index < -0.39 is 0 Å². The standard InChI is InChI=1S/C23H13Br2Cl3N2O2/c24-18-8-13(7-15(11-29)14-1-3-16(26)4-2-14)9-19(25)23(18)32-12-22(31)30-17-5-6-20(27)21(28)10-17/h1-10H,12H2,(H,30,31)/b15-7+. The zero-order valence-corrected chi connectivity index (χ0v) is 21.6. The molecule has 0 heterocycles. The Bertz CT molecular complexity index is 1220. The molecule has 0 aromatic heterocycles. The Labute approximate surface area is 217 Å². The second-order valence-corrected chi connectivity index (χ2v) is 9.42. The van der Waals surface area contributed by atoms with Crippen molar-refractivity contribution in [3.8, 4) is 11.8 Å². The van der Waals surface area contributed by atoms with Crippen molar-refractivity contribution in [3.05, 3.63) is 89.7 Å². The van der Waals surface area contributed by atoms with E-state index in [4.69, 9.17) is 39.5 Å². The average molecular weight is 616 g/mol. The van der Waals surface area contributed by atoms with Crippen LogP contribution in [0.2, 0.25) is 15.1 Å². The topological polar surface area (TPSA) is 62.1 Å². The van der Waals surface area contributed by atoms with Crippen molar-refractivity contribution in [1.82, 2.24) is 0 Å². The van der Waals surface area contributed by atoms with Gasteiger partial charge in [-0.2, -0.15) is 5.26 Å². The molecule has 0 aliphatic carbocycles. The maximum absolute atomic E-state index is 12.2. The van der Waals surface area contributed by atoms with Gasteiger partial charge in [-0.05, 0) is 91.5 Å². The lowest BCUT2D eigenvalue weighted by Crippen LogP contribution is -2.20. The fraction of sp³-hybridized carbons (Fsp3) is 0.0435. The van der Waals surface area contributed by atoms with Gasteiger partial charge < -0.3 is 10.1 Å². The van der Waals surface area contributed by atoms with E-state index >= 15 is 0 Å². The Hall–Kier alpha value is -2.01. The minimum Gasteiger partial charge on any atom is -0.481 e. The molecule has 3 aromatic rings. The number of allylic oxidation sites excluding steroid dienone is 1. The third-order valence-electron chi connectivity index (χ3n) is 4.16. The van der Waals surface area contributed by atoms with Gasteiger partial charge in [0.05, 0.1) is 30.6 Å². The zero-order chi connectivity index (χ0) is 23.3. The summed E-state index contributed by atoms with van der Waals surface area (Å²) in [5.74, 6) is 0.0945. The largest absolute Gasteiger partial charge is 0.481 e. The van der Waals surface area contributed by atoms with E-state index in [9.17, 15) is 10.1 Å². The molecule has 1 N–H and O–H groups in total. The third-order valence-corrected chi connectivity index (χ3v) is 6.33. The average Bonchev–Trinajstić information content (AvgIpc) is 2.75. The molecule has 32 heavy (non-hydrogen) atoms. The number of rotatable bonds is 6.